The number of anilines is 3. The number of nitrogens with one attached hydrogen (secondary N) is 1. The van der Waals surface area contributed by atoms with Gasteiger partial charge in [-0.1, -0.05) is 32.0 Å². The van der Waals surface area contributed by atoms with Crippen molar-refractivity contribution in [3.8, 4) is 0 Å². The molecule has 4 rings (SSSR count). The maximum Gasteiger partial charge on any atom is 0.0446 e. The van der Waals surface area contributed by atoms with E-state index in [-0.39, 0.29) is 5.41 Å². The number of hydrogen-bond acceptors (Lipinski definition) is 2. The predicted molar refractivity (Wildman–Crippen MR) is 99.1 cm³/mol. The van der Waals surface area contributed by atoms with Gasteiger partial charge in [0.1, 0.15) is 0 Å². The second-order valence-electron chi connectivity index (χ2n) is 7.58. The molecule has 0 radical (unpaired) electrons. The highest BCUT2D eigenvalue weighted by Crippen LogP contribution is 2.46. The van der Waals surface area contributed by atoms with Crippen molar-refractivity contribution in [1.82, 2.24) is 0 Å². The van der Waals surface area contributed by atoms with Crippen molar-refractivity contribution in [3.05, 3.63) is 53.1 Å². The summed E-state index contributed by atoms with van der Waals surface area (Å²) in [5.74, 6) is 0. The highest BCUT2D eigenvalue weighted by atomic mass is 15.1. The van der Waals surface area contributed by atoms with Crippen molar-refractivity contribution in [1.29, 1.82) is 0 Å². The van der Waals surface area contributed by atoms with Gasteiger partial charge < -0.3 is 10.2 Å². The lowest BCUT2D eigenvalue weighted by molar-refractivity contribution is 0.577. The summed E-state index contributed by atoms with van der Waals surface area (Å²) in [4.78, 5) is 2.53. The lowest BCUT2D eigenvalue weighted by Crippen LogP contribution is -2.30. The standard InChI is InChI=1S/C21H26N2/c1-15-7-9-17-19(13-15)22-20-14-16(23-11-5-4-6-12-23)8-10-18(20)21(17,2)3/h7-10,13-14,22H,4-6,11-12H2,1-3H3. The Morgan fingerprint density at radius 2 is 1.52 bits per heavy atom. The lowest BCUT2D eigenvalue weighted by atomic mass is 9.74. The smallest absolute Gasteiger partial charge is 0.0446 e. The molecule has 120 valence electrons. The molecule has 2 nitrogen and oxygen atoms in total. The van der Waals surface area contributed by atoms with Crippen LogP contribution >= 0.6 is 0 Å². The largest absolute Gasteiger partial charge is 0.371 e. The third-order valence-electron chi connectivity index (χ3n) is 5.52. The van der Waals surface area contributed by atoms with Crippen molar-refractivity contribution in [2.45, 2.75) is 45.4 Å². The molecule has 0 aliphatic carbocycles. The zero-order chi connectivity index (χ0) is 16.0. The van der Waals surface area contributed by atoms with Crippen molar-refractivity contribution >= 4 is 17.1 Å². The fourth-order valence-corrected chi connectivity index (χ4v) is 4.13. The Bertz CT molecular complexity index is 740. The molecule has 0 unspecified atom stereocenters. The summed E-state index contributed by atoms with van der Waals surface area (Å²) in [7, 11) is 0. The molecule has 23 heavy (non-hydrogen) atoms. The van der Waals surface area contributed by atoms with Gasteiger partial charge in [-0.05, 0) is 61.1 Å². The second kappa shape index (κ2) is 5.30. The van der Waals surface area contributed by atoms with Crippen molar-refractivity contribution in [2.24, 2.45) is 0 Å². The molecule has 2 aliphatic rings. The Balaban J connectivity index is 1.77. The Hall–Kier alpha value is -1.96. The minimum atomic E-state index is 0.0457. The Kier molecular flexibility index (Phi) is 3.37. The number of nitrogens with zero attached hydrogens (tertiary/aromatic N) is 1. The first-order valence-electron chi connectivity index (χ1n) is 8.83. The van der Waals surface area contributed by atoms with Crippen LogP contribution in [0.3, 0.4) is 0 Å². The van der Waals surface area contributed by atoms with Gasteiger partial charge in [-0.2, -0.15) is 0 Å². The van der Waals surface area contributed by atoms with E-state index in [2.05, 4.69) is 67.4 Å². The molecule has 2 aromatic rings. The van der Waals surface area contributed by atoms with E-state index in [1.807, 2.05) is 0 Å². The number of hydrogen-bond donors (Lipinski definition) is 1. The maximum atomic E-state index is 3.69. The van der Waals surface area contributed by atoms with Crippen molar-refractivity contribution in [3.63, 3.8) is 0 Å². The van der Waals surface area contributed by atoms with Gasteiger partial charge in [0.2, 0.25) is 0 Å². The molecular weight excluding hydrogens is 280 g/mol. The first-order chi connectivity index (χ1) is 11.1. The molecule has 0 amide bonds. The number of piperidine rings is 1. The molecule has 1 saturated heterocycles. The van der Waals surface area contributed by atoms with Gasteiger partial charge in [-0.3, -0.25) is 0 Å². The molecule has 2 heteroatoms. The zero-order valence-corrected chi connectivity index (χ0v) is 14.4. The van der Waals surface area contributed by atoms with Crippen molar-refractivity contribution in [2.75, 3.05) is 23.3 Å². The van der Waals surface area contributed by atoms with Crippen LogP contribution in [0.4, 0.5) is 17.1 Å². The molecule has 0 bridgehead atoms. The maximum absolute atomic E-state index is 3.69. The quantitative estimate of drug-likeness (QED) is 0.762. The van der Waals surface area contributed by atoms with Crippen LogP contribution < -0.4 is 10.2 Å². The summed E-state index contributed by atoms with van der Waals surface area (Å²) in [6.07, 6.45) is 4.01. The third kappa shape index (κ3) is 2.41. The third-order valence-corrected chi connectivity index (χ3v) is 5.52. The van der Waals surface area contributed by atoms with Gasteiger partial charge >= 0.3 is 0 Å². The summed E-state index contributed by atoms with van der Waals surface area (Å²) in [6.45, 7) is 9.22. The monoisotopic (exact) mass is 306 g/mol. The minimum absolute atomic E-state index is 0.0457. The van der Waals surface area contributed by atoms with E-state index in [4.69, 9.17) is 0 Å². The summed E-state index contributed by atoms with van der Waals surface area (Å²) in [5, 5.41) is 3.69. The molecule has 0 saturated carbocycles. The van der Waals surface area contributed by atoms with E-state index in [0.29, 0.717) is 0 Å². The van der Waals surface area contributed by atoms with Crippen LogP contribution in [-0.4, -0.2) is 13.1 Å². The number of benzene rings is 2. The summed E-state index contributed by atoms with van der Waals surface area (Å²) in [5.41, 5.74) is 8.04. The van der Waals surface area contributed by atoms with Gasteiger partial charge in [0, 0.05) is 35.6 Å². The Morgan fingerprint density at radius 3 is 2.26 bits per heavy atom. The highest BCUT2D eigenvalue weighted by molar-refractivity contribution is 5.78. The average molecular weight is 306 g/mol. The molecular formula is C21H26N2. The van der Waals surface area contributed by atoms with Gasteiger partial charge in [-0.25, -0.2) is 0 Å². The predicted octanol–water partition coefficient (Wildman–Crippen LogP) is 5.37. The van der Waals surface area contributed by atoms with E-state index in [1.54, 1.807) is 0 Å². The van der Waals surface area contributed by atoms with Gasteiger partial charge in [0.05, 0.1) is 0 Å². The van der Waals surface area contributed by atoms with Crippen LogP contribution in [0, 0.1) is 6.92 Å². The molecule has 0 spiro atoms. The Morgan fingerprint density at radius 1 is 0.870 bits per heavy atom. The van der Waals surface area contributed by atoms with Crippen LogP contribution in [0.2, 0.25) is 0 Å². The molecule has 1 fully saturated rings. The number of rotatable bonds is 1. The van der Waals surface area contributed by atoms with Crippen LogP contribution in [0.15, 0.2) is 36.4 Å². The van der Waals surface area contributed by atoms with Gasteiger partial charge in [-0.15, -0.1) is 0 Å². The lowest BCUT2D eigenvalue weighted by Gasteiger charge is -2.37. The molecule has 0 aromatic heterocycles. The number of fused-ring (bicyclic) bond motifs is 2. The van der Waals surface area contributed by atoms with Crippen LogP contribution in [0.1, 0.15) is 49.8 Å². The summed E-state index contributed by atoms with van der Waals surface area (Å²) >= 11 is 0. The molecule has 2 heterocycles. The topological polar surface area (TPSA) is 15.3 Å². The molecule has 2 aliphatic heterocycles. The first-order valence-corrected chi connectivity index (χ1v) is 8.83. The average Bonchev–Trinajstić information content (AvgIpc) is 2.55. The number of aryl methyl sites for hydroxylation is 1. The van der Waals surface area contributed by atoms with Crippen LogP contribution in [0.25, 0.3) is 0 Å². The van der Waals surface area contributed by atoms with E-state index in [1.165, 1.54) is 66.1 Å². The Labute approximate surface area is 139 Å². The van der Waals surface area contributed by atoms with Crippen LogP contribution in [0.5, 0.6) is 0 Å². The fourth-order valence-electron chi connectivity index (χ4n) is 4.13. The summed E-state index contributed by atoms with van der Waals surface area (Å²) in [6, 6.07) is 13.8. The van der Waals surface area contributed by atoms with E-state index in [0.717, 1.165) is 0 Å². The fraction of sp³-hybridized carbons (Fsp3) is 0.429. The molecule has 0 atom stereocenters. The zero-order valence-electron chi connectivity index (χ0n) is 14.4. The first kappa shape index (κ1) is 14.6. The molecule has 2 aromatic carbocycles. The SMILES string of the molecule is Cc1ccc2c(c1)Nc1cc(N3CCCCC3)ccc1C2(C)C. The minimum Gasteiger partial charge on any atom is -0.371 e. The van der Waals surface area contributed by atoms with E-state index < -0.39 is 0 Å². The normalized spacial score (nSPS) is 18.8. The second-order valence-corrected chi connectivity index (χ2v) is 7.58. The van der Waals surface area contributed by atoms with Gasteiger partial charge in [0.25, 0.3) is 0 Å². The highest BCUT2D eigenvalue weighted by Gasteiger charge is 2.32. The van der Waals surface area contributed by atoms with E-state index >= 15 is 0 Å². The van der Waals surface area contributed by atoms with Gasteiger partial charge in [0.15, 0.2) is 0 Å². The summed E-state index contributed by atoms with van der Waals surface area (Å²) < 4.78 is 0. The van der Waals surface area contributed by atoms with E-state index in [9.17, 15) is 0 Å². The molecule has 1 N–H and O–H groups in total. The van der Waals surface area contributed by atoms with Crippen LogP contribution in [-0.2, 0) is 5.41 Å². The van der Waals surface area contributed by atoms with Crippen molar-refractivity contribution < 1.29 is 0 Å².